The molecule has 0 atom stereocenters. The van der Waals surface area contributed by atoms with E-state index in [1.54, 1.807) is 30.3 Å². The van der Waals surface area contributed by atoms with Crippen molar-refractivity contribution in [1.29, 1.82) is 0 Å². The molecule has 0 radical (unpaired) electrons. The number of methoxy groups -OCH3 is 1. The molecule has 0 unspecified atom stereocenters. The van der Waals surface area contributed by atoms with Crippen LogP contribution in [0.4, 0.5) is 20.2 Å². The Kier molecular flexibility index (Phi) is 5.61. The fraction of sp³-hybridized carbons (Fsp3) is 0.190. The van der Waals surface area contributed by atoms with Gasteiger partial charge >= 0.3 is 0 Å². The number of halogens is 3. The Hall–Kier alpha value is -3.10. The lowest BCUT2D eigenvalue weighted by Gasteiger charge is -2.14. The van der Waals surface area contributed by atoms with Crippen molar-refractivity contribution in [2.45, 2.75) is 13.5 Å². The first-order valence-corrected chi connectivity index (χ1v) is 9.53. The fourth-order valence-electron chi connectivity index (χ4n) is 3.13. The summed E-state index contributed by atoms with van der Waals surface area (Å²) in [5.74, 6) is -0.981. The standard InChI is InChI=1S/C21H18ClF2N5O/c1-12-9-25-18(14-7-13(22)3-4-15(14)23)8-17(12)28-20-16(24)10-26-19-11-27-29(21(19)20)5-6-30-2/h3-4,7-11H,5-6H2,1-2H3,(H,25,26,28). The minimum absolute atomic E-state index is 0.223. The molecule has 0 spiro atoms. The number of rotatable bonds is 6. The number of hydrogen-bond acceptors (Lipinski definition) is 5. The summed E-state index contributed by atoms with van der Waals surface area (Å²) in [6.07, 6.45) is 4.30. The lowest BCUT2D eigenvalue weighted by molar-refractivity contribution is 0.185. The number of pyridine rings is 2. The van der Waals surface area contributed by atoms with Crippen LogP contribution in [-0.4, -0.2) is 33.5 Å². The molecule has 0 aliphatic carbocycles. The summed E-state index contributed by atoms with van der Waals surface area (Å²) in [6, 6.07) is 5.92. The van der Waals surface area contributed by atoms with Crippen molar-refractivity contribution in [3.8, 4) is 11.3 Å². The van der Waals surface area contributed by atoms with Gasteiger partial charge in [0.1, 0.15) is 22.5 Å². The van der Waals surface area contributed by atoms with E-state index in [4.69, 9.17) is 16.3 Å². The Labute approximate surface area is 176 Å². The first-order valence-electron chi connectivity index (χ1n) is 9.16. The number of nitrogens with one attached hydrogen (secondary N) is 1. The van der Waals surface area contributed by atoms with Crippen LogP contribution in [0.25, 0.3) is 22.3 Å². The van der Waals surface area contributed by atoms with Gasteiger partial charge in [-0.2, -0.15) is 5.10 Å². The number of benzene rings is 1. The smallest absolute Gasteiger partial charge is 0.167 e. The van der Waals surface area contributed by atoms with Crippen LogP contribution in [0.1, 0.15) is 5.56 Å². The zero-order valence-corrected chi connectivity index (χ0v) is 17.0. The summed E-state index contributed by atoms with van der Waals surface area (Å²) >= 11 is 6.01. The molecule has 9 heteroatoms. The highest BCUT2D eigenvalue weighted by Crippen LogP contribution is 2.32. The molecular weight excluding hydrogens is 412 g/mol. The Balaban J connectivity index is 1.80. The molecule has 0 saturated carbocycles. The number of hydrogen-bond donors (Lipinski definition) is 1. The lowest BCUT2D eigenvalue weighted by Crippen LogP contribution is -2.08. The Morgan fingerprint density at radius 1 is 1.10 bits per heavy atom. The summed E-state index contributed by atoms with van der Waals surface area (Å²) in [5, 5.41) is 7.79. The molecule has 1 aromatic carbocycles. The van der Waals surface area contributed by atoms with E-state index >= 15 is 0 Å². The minimum atomic E-state index is -0.534. The predicted molar refractivity (Wildman–Crippen MR) is 112 cm³/mol. The van der Waals surface area contributed by atoms with Crippen LogP contribution in [0.5, 0.6) is 0 Å². The molecule has 3 aromatic heterocycles. The number of anilines is 2. The molecule has 0 aliphatic heterocycles. The van der Waals surface area contributed by atoms with Crippen molar-refractivity contribution >= 4 is 34.0 Å². The van der Waals surface area contributed by atoms with Gasteiger partial charge in [-0.3, -0.25) is 9.67 Å². The second kappa shape index (κ2) is 8.33. The van der Waals surface area contributed by atoms with Crippen LogP contribution >= 0.6 is 11.6 Å². The third kappa shape index (κ3) is 3.83. The van der Waals surface area contributed by atoms with Gasteiger partial charge in [0.05, 0.1) is 31.2 Å². The molecule has 6 nitrogen and oxygen atoms in total. The van der Waals surface area contributed by atoms with E-state index in [1.165, 1.54) is 18.2 Å². The second-order valence-corrected chi connectivity index (χ2v) is 7.15. The van der Waals surface area contributed by atoms with Gasteiger partial charge in [-0.1, -0.05) is 11.6 Å². The Bertz CT molecular complexity index is 1230. The van der Waals surface area contributed by atoms with Crippen molar-refractivity contribution in [3.05, 3.63) is 65.1 Å². The predicted octanol–water partition coefficient (Wildman–Crippen LogP) is 5.12. The Morgan fingerprint density at radius 3 is 2.73 bits per heavy atom. The van der Waals surface area contributed by atoms with Crippen molar-refractivity contribution < 1.29 is 13.5 Å². The van der Waals surface area contributed by atoms with Crippen molar-refractivity contribution in [3.63, 3.8) is 0 Å². The van der Waals surface area contributed by atoms with E-state index in [-0.39, 0.29) is 11.3 Å². The second-order valence-electron chi connectivity index (χ2n) is 6.71. The number of aryl methyl sites for hydroxylation is 1. The summed E-state index contributed by atoms with van der Waals surface area (Å²) in [7, 11) is 1.58. The van der Waals surface area contributed by atoms with Crippen LogP contribution in [0.2, 0.25) is 5.02 Å². The number of ether oxygens (including phenoxy) is 1. The molecule has 30 heavy (non-hydrogen) atoms. The van der Waals surface area contributed by atoms with Gasteiger partial charge in [-0.25, -0.2) is 13.8 Å². The molecule has 4 rings (SSSR count). The Morgan fingerprint density at radius 2 is 1.93 bits per heavy atom. The summed E-state index contributed by atoms with van der Waals surface area (Å²) in [6.45, 7) is 2.68. The SMILES string of the molecule is COCCn1ncc2ncc(F)c(Nc3cc(-c4cc(Cl)ccc4F)ncc3C)c21. The quantitative estimate of drug-likeness (QED) is 0.460. The maximum Gasteiger partial charge on any atom is 0.167 e. The third-order valence-corrected chi connectivity index (χ3v) is 4.92. The molecule has 0 bridgehead atoms. The average molecular weight is 430 g/mol. The summed E-state index contributed by atoms with van der Waals surface area (Å²) < 4.78 is 35.8. The van der Waals surface area contributed by atoms with E-state index in [0.29, 0.717) is 40.6 Å². The van der Waals surface area contributed by atoms with E-state index < -0.39 is 11.6 Å². The molecule has 3 heterocycles. The van der Waals surface area contributed by atoms with Gasteiger partial charge in [0.15, 0.2) is 5.82 Å². The van der Waals surface area contributed by atoms with Gasteiger partial charge in [0.2, 0.25) is 0 Å². The van der Waals surface area contributed by atoms with Gasteiger partial charge < -0.3 is 10.1 Å². The molecule has 4 aromatic rings. The van der Waals surface area contributed by atoms with Crippen LogP contribution in [0, 0.1) is 18.6 Å². The van der Waals surface area contributed by atoms with Crippen LogP contribution < -0.4 is 5.32 Å². The van der Waals surface area contributed by atoms with Gasteiger partial charge in [0.25, 0.3) is 0 Å². The highest BCUT2D eigenvalue weighted by atomic mass is 35.5. The summed E-state index contributed by atoms with van der Waals surface area (Å²) in [5.41, 5.74) is 3.25. The van der Waals surface area contributed by atoms with E-state index in [9.17, 15) is 8.78 Å². The maximum atomic E-state index is 14.8. The highest BCUT2D eigenvalue weighted by Gasteiger charge is 2.17. The number of fused-ring (bicyclic) bond motifs is 1. The zero-order valence-electron chi connectivity index (χ0n) is 16.3. The van der Waals surface area contributed by atoms with Crippen LogP contribution in [0.15, 0.2) is 42.9 Å². The molecule has 0 saturated heterocycles. The lowest BCUT2D eigenvalue weighted by atomic mass is 10.1. The van der Waals surface area contributed by atoms with Crippen molar-refractivity contribution in [2.75, 3.05) is 19.0 Å². The minimum Gasteiger partial charge on any atom is -0.383 e. The zero-order chi connectivity index (χ0) is 21.3. The highest BCUT2D eigenvalue weighted by molar-refractivity contribution is 6.30. The molecule has 1 N–H and O–H groups in total. The van der Waals surface area contributed by atoms with Crippen LogP contribution in [-0.2, 0) is 11.3 Å². The monoisotopic (exact) mass is 429 g/mol. The van der Waals surface area contributed by atoms with Gasteiger partial charge in [-0.15, -0.1) is 0 Å². The van der Waals surface area contributed by atoms with E-state index in [1.807, 2.05) is 6.92 Å². The number of aromatic nitrogens is 4. The summed E-state index contributed by atoms with van der Waals surface area (Å²) in [4.78, 5) is 8.41. The first-order chi connectivity index (χ1) is 14.5. The van der Waals surface area contributed by atoms with Crippen molar-refractivity contribution in [1.82, 2.24) is 19.7 Å². The first kappa shape index (κ1) is 20.2. The molecular formula is C21H18ClF2N5O. The molecule has 0 aliphatic rings. The van der Waals surface area contributed by atoms with Gasteiger partial charge in [-0.05, 0) is 36.8 Å². The van der Waals surface area contributed by atoms with E-state index in [2.05, 4.69) is 20.4 Å². The topological polar surface area (TPSA) is 64.9 Å². The number of nitrogens with zero attached hydrogens (tertiary/aromatic N) is 4. The maximum absolute atomic E-state index is 14.8. The molecule has 0 fully saturated rings. The third-order valence-electron chi connectivity index (χ3n) is 4.69. The fourth-order valence-corrected chi connectivity index (χ4v) is 3.30. The molecule has 154 valence electrons. The average Bonchev–Trinajstić information content (AvgIpc) is 3.15. The van der Waals surface area contributed by atoms with Crippen LogP contribution in [0.3, 0.4) is 0 Å². The van der Waals surface area contributed by atoms with E-state index in [0.717, 1.165) is 11.8 Å². The van der Waals surface area contributed by atoms with Crippen molar-refractivity contribution in [2.24, 2.45) is 0 Å². The van der Waals surface area contributed by atoms with Gasteiger partial charge in [0, 0.05) is 29.6 Å². The molecule has 0 amide bonds. The normalized spacial score (nSPS) is 11.2. The largest absolute Gasteiger partial charge is 0.383 e.